The first kappa shape index (κ1) is 15.3. The number of likely N-dealkylation sites (tertiary alicyclic amines) is 1. The van der Waals surface area contributed by atoms with Gasteiger partial charge >= 0.3 is 0 Å². The van der Waals surface area contributed by atoms with Crippen molar-refractivity contribution in [2.24, 2.45) is 5.41 Å². The van der Waals surface area contributed by atoms with Crippen molar-refractivity contribution in [1.82, 2.24) is 10.2 Å². The number of hydrogen-bond acceptors (Lipinski definition) is 2. The third-order valence-corrected chi connectivity index (χ3v) is 6.02. The molecule has 2 atom stereocenters. The van der Waals surface area contributed by atoms with Crippen molar-refractivity contribution in [1.29, 1.82) is 0 Å². The molecule has 2 rings (SSSR count). The zero-order valence-electron chi connectivity index (χ0n) is 13.4. The van der Waals surface area contributed by atoms with Gasteiger partial charge in [0.25, 0.3) is 0 Å². The number of rotatable bonds is 5. The highest BCUT2D eigenvalue weighted by Crippen LogP contribution is 2.38. The fourth-order valence-corrected chi connectivity index (χ4v) is 4.08. The van der Waals surface area contributed by atoms with Crippen molar-refractivity contribution in [3.63, 3.8) is 0 Å². The molecular formula is C17H34N2. The molecule has 0 radical (unpaired) electrons. The minimum Gasteiger partial charge on any atom is -0.314 e. The molecule has 0 bridgehead atoms. The summed E-state index contributed by atoms with van der Waals surface area (Å²) < 4.78 is 0. The Morgan fingerprint density at radius 1 is 1.16 bits per heavy atom. The van der Waals surface area contributed by atoms with E-state index in [4.69, 9.17) is 0 Å². The van der Waals surface area contributed by atoms with Crippen molar-refractivity contribution in [2.45, 2.75) is 84.2 Å². The maximum atomic E-state index is 3.70. The summed E-state index contributed by atoms with van der Waals surface area (Å²) in [6.45, 7) is 11.1. The van der Waals surface area contributed by atoms with Crippen LogP contribution >= 0.6 is 0 Å². The van der Waals surface area contributed by atoms with E-state index in [1.165, 1.54) is 71.0 Å². The lowest BCUT2D eigenvalue weighted by molar-refractivity contribution is 0.0641. The summed E-state index contributed by atoms with van der Waals surface area (Å²) in [5, 5.41) is 3.70. The summed E-state index contributed by atoms with van der Waals surface area (Å²) in [4.78, 5) is 2.75. The van der Waals surface area contributed by atoms with E-state index < -0.39 is 0 Å². The Labute approximate surface area is 120 Å². The Morgan fingerprint density at radius 2 is 1.84 bits per heavy atom. The lowest BCUT2D eigenvalue weighted by atomic mass is 9.74. The number of hydrogen-bond donors (Lipinski definition) is 1. The maximum absolute atomic E-state index is 3.70. The van der Waals surface area contributed by atoms with Crippen LogP contribution in [0.1, 0.15) is 72.1 Å². The van der Waals surface area contributed by atoms with Crippen LogP contribution in [0.5, 0.6) is 0 Å². The SMILES string of the molecule is CCC1(CC)CCN(C(C)CC2CCCCN2)CC1. The lowest BCUT2D eigenvalue weighted by Crippen LogP contribution is -2.47. The molecule has 112 valence electrons. The second-order valence-electron chi connectivity index (χ2n) is 6.97. The second kappa shape index (κ2) is 7.08. The van der Waals surface area contributed by atoms with Gasteiger partial charge in [0.15, 0.2) is 0 Å². The molecule has 2 aliphatic rings. The maximum Gasteiger partial charge on any atom is 0.00818 e. The van der Waals surface area contributed by atoms with Crippen LogP contribution < -0.4 is 5.32 Å². The second-order valence-corrected chi connectivity index (χ2v) is 6.97. The van der Waals surface area contributed by atoms with E-state index in [0.29, 0.717) is 5.41 Å². The summed E-state index contributed by atoms with van der Waals surface area (Å²) in [6, 6.07) is 1.55. The predicted octanol–water partition coefficient (Wildman–Crippen LogP) is 3.81. The molecule has 0 saturated carbocycles. The van der Waals surface area contributed by atoms with Crippen LogP contribution in [-0.4, -0.2) is 36.6 Å². The summed E-state index contributed by atoms with van der Waals surface area (Å²) in [5.41, 5.74) is 0.666. The van der Waals surface area contributed by atoms with Crippen molar-refractivity contribution >= 4 is 0 Å². The predicted molar refractivity (Wildman–Crippen MR) is 83.5 cm³/mol. The van der Waals surface area contributed by atoms with Gasteiger partial charge in [0, 0.05) is 12.1 Å². The topological polar surface area (TPSA) is 15.3 Å². The van der Waals surface area contributed by atoms with E-state index in [9.17, 15) is 0 Å². The van der Waals surface area contributed by atoms with E-state index >= 15 is 0 Å². The van der Waals surface area contributed by atoms with Crippen LogP contribution in [0, 0.1) is 5.41 Å². The molecule has 2 fully saturated rings. The van der Waals surface area contributed by atoms with Gasteiger partial charge in [0.1, 0.15) is 0 Å². The molecule has 0 aliphatic carbocycles. The van der Waals surface area contributed by atoms with Crippen LogP contribution in [0.15, 0.2) is 0 Å². The average molecular weight is 266 g/mol. The van der Waals surface area contributed by atoms with E-state index in [-0.39, 0.29) is 0 Å². The molecule has 0 amide bonds. The summed E-state index contributed by atoms with van der Waals surface area (Å²) in [5.74, 6) is 0. The van der Waals surface area contributed by atoms with Crippen LogP contribution in [0.2, 0.25) is 0 Å². The van der Waals surface area contributed by atoms with Gasteiger partial charge in [-0.15, -0.1) is 0 Å². The third kappa shape index (κ3) is 3.95. The van der Waals surface area contributed by atoms with Gasteiger partial charge < -0.3 is 10.2 Å². The molecule has 0 spiro atoms. The Kier molecular flexibility index (Phi) is 5.70. The molecule has 1 N–H and O–H groups in total. The molecule has 2 heteroatoms. The minimum atomic E-state index is 0.666. The Balaban J connectivity index is 1.76. The first-order chi connectivity index (χ1) is 9.19. The van der Waals surface area contributed by atoms with Gasteiger partial charge in [-0.25, -0.2) is 0 Å². The van der Waals surface area contributed by atoms with Gasteiger partial charge in [-0.2, -0.15) is 0 Å². The van der Waals surface area contributed by atoms with Crippen molar-refractivity contribution in [3.05, 3.63) is 0 Å². The van der Waals surface area contributed by atoms with E-state index in [2.05, 4.69) is 31.0 Å². The standard InChI is InChI=1S/C17H34N2/c1-4-17(5-2)9-12-19(13-10-17)15(3)14-16-8-6-7-11-18-16/h15-16,18H,4-14H2,1-3H3. The molecule has 2 aliphatic heterocycles. The van der Waals surface area contributed by atoms with Crippen molar-refractivity contribution < 1.29 is 0 Å². The largest absolute Gasteiger partial charge is 0.314 e. The van der Waals surface area contributed by atoms with Gasteiger partial charge in [-0.3, -0.25) is 0 Å². The molecule has 2 nitrogen and oxygen atoms in total. The summed E-state index contributed by atoms with van der Waals surface area (Å²) in [7, 11) is 0. The zero-order chi connectivity index (χ0) is 13.7. The minimum absolute atomic E-state index is 0.666. The molecule has 2 saturated heterocycles. The van der Waals surface area contributed by atoms with Crippen LogP contribution in [0.4, 0.5) is 0 Å². The molecular weight excluding hydrogens is 232 g/mol. The highest BCUT2D eigenvalue weighted by Gasteiger charge is 2.33. The highest BCUT2D eigenvalue weighted by molar-refractivity contribution is 4.87. The molecule has 0 aromatic heterocycles. The molecule has 0 aromatic carbocycles. The Hall–Kier alpha value is -0.0800. The van der Waals surface area contributed by atoms with E-state index in [0.717, 1.165) is 12.1 Å². The fourth-order valence-electron chi connectivity index (χ4n) is 4.08. The highest BCUT2D eigenvalue weighted by atomic mass is 15.2. The fraction of sp³-hybridized carbons (Fsp3) is 1.00. The van der Waals surface area contributed by atoms with E-state index in [1.54, 1.807) is 0 Å². The van der Waals surface area contributed by atoms with E-state index in [1.807, 2.05) is 0 Å². The summed E-state index contributed by atoms with van der Waals surface area (Å²) >= 11 is 0. The number of nitrogens with zero attached hydrogens (tertiary/aromatic N) is 1. The van der Waals surface area contributed by atoms with Crippen molar-refractivity contribution in [2.75, 3.05) is 19.6 Å². The first-order valence-electron chi connectivity index (χ1n) is 8.66. The quantitative estimate of drug-likeness (QED) is 0.814. The van der Waals surface area contributed by atoms with Gasteiger partial charge in [0.2, 0.25) is 0 Å². The smallest absolute Gasteiger partial charge is 0.00818 e. The van der Waals surface area contributed by atoms with Crippen LogP contribution in [-0.2, 0) is 0 Å². The van der Waals surface area contributed by atoms with Gasteiger partial charge in [-0.1, -0.05) is 33.1 Å². The van der Waals surface area contributed by atoms with Crippen LogP contribution in [0.25, 0.3) is 0 Å². The average Bonchev–Trinajstić information content (AvgIpc) is 2.48. The molecule has 19 heavy (non-hydrogen) atoms. The Bertz CT molecular complexity index is 244. The lowest BCUT2D eigenvalue weighted by Gasteiger charge is -2.44. The monoisotopic (exact) mass is 266 g/mol. The third-order valence-electron chi connectivity index (χ3n) is 6.02. The van der Waals surface area contributed by atoms with Crippen LogP contribution in [0.3, 0.4) is 0 Å². The van der Waals surface area contributed by atoms with Gasteiger partial charge in [-0.05, 0) is 64.1 Å². The number of piperidine rings is 2. The van der Waals surface area contributed by atoms with Crippen molar-refractivity contribution in [3.8, 4) is 0 Å². The molecule has 0 aromatic rings. The normalized spacial score (nSPS) is 30.2. The van der Waals surface area contributed by atoms with Gasteiger partial charge in [0.05, 0.1) is 0 Å². The number of nitrogens with one attached hydrogen (secondary N) is 1. The Morgan fingerprint density at radius 3 is 2.37 bits per heavy atom. The first-order valence-corrected chi connectivity index (χ1v) is 8.66. The zero-order valence-corrected chi connectivity index (χ0v) is 13.4. The molecule has 2 unspecified atom stereocenters. The summed E-state index contributed by atoms with van der Waals surface area (Å²) in [6.07, 6.45) is 11.1. The molecule has 2 heterocycles.